The van der Waals surface area contributed by atoms with E-state index in [1.165, 1.54) is 23.5 Å². The van der Waals surface area contributed by atoms with Crippen molar-refractivity contribution in [1.82, 2.24) is 15.5 Å². The van der Waals surface area contributed by atoms with E-state index in [0.717, 1.165) is 15.2 Å². The first kappa shape index (κ1) is 15.5. The van der Waals surface area contributed by atoms with Gasteiger partial charge in [-0.3, -0.25) is 4.79 Å². The number of benzene rings is 2. The summed E-state index contributed by atoms with van der Waals surface area (Å²) in [4.78, 5) is 16.7. The van der Waals surface area contributed by atoms with Crippen LogP contribution in [-0.4, -0.2) is 16.0 Å². The van der Waals surface area contributed by atoms with Gasteiger partial charge < -0.3 is 9.84 Å². The summed E-state index contributed by atoms with van der Waals surface area (Å²) in [5, 5.41) is 7.26. The van der Waals surface area contributed by atoms with Gasteiger partial charge in [-0.25, -0.2) is 9.37 Å². The van der Waals surface area contributed by atoms with Crippen molar-refractivity contribution in [2.24, 2.45) is 0 Å². The zero-order valence-corrected chi connectivity index (χ0v) is 13.7. The Balaban J connectivity index is 1.47. The van der Waals surface area contributed by atoms with Crippen molar-refractivity contribution in [3.05, 3.63) is 71.1 Å². The Kier molecular flexibility index (Phi) is 3.99. The largest absolute Gasteiger partial charge is 0.355 e. The maximum atomic E-state index is 13.8. The van der Waals surface area contributed by atoms with Crippen molar-refractivity contribution in [2.45, 2.75) is 6.54 Å². The maximum absolute atomic E-state index is 13.8. The molecule has 0 radical (unpaired) electrons. The SMILES string of the molecule is O=C(NCc1nc2ccccc2s1)c1cc(-c2ccccc2F)on1. The molecule has 5 nitrogen and oxygen atoms in total. The number of carbonyl (C=O) groups is 1. The zero-order valence-electron chi connectivity index (χ0n) is 12.9. The molecular formula is C18H12FN3O2S. The number of nitrogens with zero attached hydrogens (tertiary/aromatic N) is 2. The van der Waals surface area contributed by atoms with E-state index in [1.54, 1.807) is 18.2 Å². The molecule has 25 heavy (non-hydrogen) atoms. The summed E-state index contributed by atoms with van der Waals surface area (Å²) in [7, 11) is 0. The van der Waals surface area contributed by atoms with Crippen LogP contribution < -0.4 is 5.32 Å². The van der Waals surface area contributed by atoms with E-state index in [2.05, 4.69) is 15.5 Å². The van der Waals surface area contributed by atoms with Crippen LogP contribution in [0.3, 0.4) is 0 Å². The molecule has 0 aliphatic rings. The maximum Gasteiger partial charge on any atom is 0.273 e. The van der Waals surface area contributed by atoms with Crippen LogP contribution in [0.25, 0.3) is 21.5 Å². The van der Waals surface area contributed by atoms with Crippen LogP contribution in [0.4, 0.5) is 4.39 Å². The van der Waals surface area contributed by atoms with E-state index in [0.29, 0.717) is 6.54 Å². The fourth-order valence-electron chi connectivity index (χ4n) is 2.41. The average molecular weight is 353 g/mol. The van der Waals surface area contributed by atoms with Crippen molar-refractivity contribution >= 4 is 27.5 Å². The van der Waals surface area contributed by atoms with E-state index in [-0.39, 0.29) is 17.0 Å². The first-order chi connectivity index (χ1) is 12.2. The lowest BCUT2D eigenvalue weighted by Gasteiger charge is -1.98. The fourth-order valence-corrected chi connectivity index (χ4v) is 3.32. The number of aromatic nitrogens is 2. The Morgan fingerprint density at radius 1 is 1.16 bits per heavy atom. The van der Waals surface area contributed by atoms with Gasteiger partial charge in [-0.05, 0) is 24.3 Å². The van der Waals surface area contributed by atoms with Crippen molar-refractivity contribution in [3.8, 4) is 11.3 Å². The molecule has 2 heterocycles. The summed E-state index contributed by atoms with van der Waals surface area (Å²) in [6.45, 7) is 0.292. The highest BCUT2D eigenvalue weighted by atomic mass is 32.1. The number of carbonyl (C=O) groups excluding carboxylic acids is 1. The van der Waals surface area contributed by atoms with Gasteiger partial charge in [0.2, 0.25) is 0 Å². The second-order valence-electron chi connectivity index (χ2n) is 5.31. The van der Waals surface area contributed by atoms with Crippen molar-refractivity contribution < 1.29 is 13.7 Å². The lowest BCUT2D eigenvalue weighted by molar-refractivity contribution is 0.0942. The Morgan fingerprint density at radius 3 is 2.80 bits per heavy atom. The predicted octanol–water partition coefficient (Wildman–Crippen LogP) is 4.02. The highest BCUT2D eigenvalue weighted by Gasteiger charge is 2.16. The number of fused-ring (bicyclic) bond motifs is 1. The Hall–Kier alpha value is -3.06. The topological polar surface area (TPSA) is 68.0 Å². The molecule has 2 aromatic carbocycles. The smallest absolute Gasteiger partial charge is 0.273 e. The number of nitrogens with one attached hydrogen (secondary N) is 1. The molecule has 4 rings (SSSR count). The van der Waals surface area contributed by atoms with Gasteiger partial charge in [0.05, 0.1) is 22.3 Å². The molecule has 1 amide bonds. The summed E-state index contributed by atoms with van der Waals surface area (Å²) < 4.78 is 19.9. The number of halogens is 1. The molecule has 0 atom stereocenters. The number of hydrogen-bond acceptors (Lipinski definition) is 5. The predicted molar refractivity (Wildman–Crippen MR) is 92.7 cm³/mol. The molecule has 0 unspecified atom stereocenters. The van der Waals surface area contributed by atoms with Gasteiger partial charge >= 0.3 is 0 Å². The highest BCUT2D eigenvalue weighted by molar-refractivity contribution is 7.18. The molecule has 1 N–H and O–H groups in total. The van der Waals surface area contributed by atoms with Crippen LogP contribution in [0.2, 0.25) is 0 Å². The van der Waals surface area contributed by atoms with Crippen LogP contribution in [0.1, 0.15) is 15.5 Å². The molecule has 0 spiro atoms. The quantitative estimate of drug-likeness (QED) is 0.602. The normalized spacial score (nSPS) is 10.9. The minimum absolute atomic E-state index is 0.0966. The second kappa shape index (κ2) is 6.45. The van der Waals surface area contributed by atoms with Crippen LogP contribution in [0.5, 0.6) is 0 Å². The number of amides is 1. The summed E-state index contributed by atoms with van der Waals surface area (Å²) in [5.74, 6) is -0.617. The Bertz CT molecular complexity index is 1020. The molecule has 0 saturated heterocycles. The van der Waals surface area contributed by atoms with E-state index in [9.17, 15) is 9.18 Å². The van der Waals surface area contributed by atoms with Gasteiger partial charge in [0.1, 0.15) is 10.8 Å². The number of para-hydroxylation sites is 1. The van der Waals surface area contributed by atoms with E-state index < -0.39 is 11.7 Å². The van der Waals surface area contributed by atoms with E-state index >= 15 is 0 Å². The fraction of sp³-hybridized carbons (Fsp3) is 0.0556. The van der Waals surface area contributed by atoms with Crippen LogP contribution >= 0.6 is 11.3 Å². The van der Waals surface area contributed by atoms with Gasteiger partial charge in [0.15, 0.2) is 11.5 Å². The average Bonchev–Trinajstić information content (AvgIpc) is 3.27. The monoisotopic (exact) mass is 353 g/mol. The lowest BCUT2D eigenvalue weighted by atomic mass is 10.1. The standard InChI is InChI=1S/C18H12FN3O2S/c19-12-6-2-1-5-11(12)15-9-14(22-24-15)18(23)20-10-17-21-13-7-3-4-8-16(13)25-17/h1-9H,10H2,(H,20,23). The molecule has 0 aliphatic heterocycles. The molecule has 0 fully saturated rings. The Morgan fingerprint density at radius 2 is 1.96 bits per heavy atom. The van der Waals surface area contributed by atoms with Gasteiger partial charge in [-0.2, -0.15) is 0 Å². The molecule has 2 aromatic heterocycles. The summed E-state index contributed by atoms with van der Waals surface area (Å²) in [6.07, 6.45) is 0. The van der Waals surface area contributed by atoms with Crippen LogP contribution in [0, 0.1) is 5.82 Å². The second-order valence-corrected chi connectivity index (χ2v) is 6.43. The van der Waals surface area contributed by atoms with Crippen LogP contribution in [0.15, 0.2) is 59.1 Å². The van der Waals surface area contributed by atoms with Gasteiger partial charge in [-0.15, -0.1) is 11.3 Å². The summed E-state index contributed by atoms with van der Waals surface area (Å²) >= 11 is 1.52. The van der Waals surface area contributed by atoms with Gasteiger partial charge in [-0.1, -0.05) is 29.4 Å². The first-order valence-electron chi connectivity index (χ1n) is 7.55. The van der Waals surface area contributed by atoms with Gasteiger partial charge in [0, 0.05) is 6.07 Å². The third kappa shape index (κ3) is 3.14. The minimum atomic E-state index is -0.430. The summed E-state index contributed by atoms with van der Waals surface area (Å²) in [5.41, 5.74) is 1.26. The molecule has 0 aliphatic carbocycles. The molecule has 124 valence electrons. The lowest BCUT2D eigenvalue weighted by Crippen LogP contribution is -2.22. The van der Waals surface area contributed by atoms with Gasteiger partial charge in [0.25, 0.3) is 5.91 Å². The molecule has 0 saturated carbocycles. The highest BCUT2D eigenvalue weighted by Crippen LogP contribution is 2.24. The number of rotatable bonds is 4. The van der Waals surface area contributed by atoms with Crippen molar-refractivity contribution in [2.75, 3.05) is 0 Å². The molecule has 0 bridgehead atoms. The number of thiazole rings is 1. The molecular weight excluding hydrogens is 341 g/mol. The van der Waals surface area contributed by atoms with Crippen molar-refractivity contribution in [1.29, 1.82) is 0 Å². The summed E-state index contributed by atoms with van der Waals surface area (Å²) in [6, 6.07) is 15.4. The number of hydrogen-bond donors (Lipinski definition) is 1. The third-order valence-corrected chi connectivity index (χ3v) is 4.66. The molecule has 7 heteroatoms. The zero-order chi connectivity index (χ0) is 17.2. The van der Waals surface area contributed by atoms with Crippen LogP contribution in [-0.2, 0) is 6.54 Å². The third-order valence-electron chi connectivity index (χ3n) is 3.62. The first-order valence-corrected chi connectivity index (χ1v) is 8.36. The van der Waals surface area contributed by atoms with E-state index in [4.69, 9.17) is 4.52 Å². The van der Waals surface area contributed by atoms with Crippen molar-refractivity contribution in [3.63, 3.8) is 0 Å². The van der Waals surface area contributed by atoms with E-state index in [1.807, 2.05) is 24.3 Å². The minimum Gasteiger partial charge on any atom is -0.355 e. The molecule has 4 aromatic rings. The Labute approximate surface area is 146 Å².